The minimum atomic E-state index is 0.0719. The molecule has 0 radical (unpaired) electrons. The molecule has 1 atom stereocenters. The average Bonchev–Trinajstić information content (AvgIpc) is 3.07. The van der Waals surface area contributed by atoms with Gasteiger partial charge < -0.3 is 0 Å². The highest BCUT2D eigenvalue weighted by molar-refractivity contribution is 5.86. The maximum Gasteiger partial charge on any atom is 0.163 e. The number of pyridine rings is 1. The molecule has 0 N–H and O–H groups in total. The Bertz CT molecular complexity index is 1980. The van der Waals surface area contributed by atoms with Crippen LogP contribution in [0.2, 0.25) is 0 Å². The predicted octanol–water partition coefficient (Wildman–Crippen LogP) is 8.71. The molecular weight excluding hydrogens is 512 g/mol. The molecule has 0 bridgehead atoms. The molecule has 0 saturated heterocycles. The highest BCUT2D eigenvalue weighted by Gasteiger charge is 2.22. The van der Waals surface area contributed by atoms with Gasteiger partial charge in [0.15, 0.2) is 11.6 Å². The largest absolute Gasteiger partial charge is 0.256 e. The fraction of sp³-hybridized carbons (Fsp3) is 0.158. The third-order valence-electron chi connectivity index (χ3n) is 8.59. The van der Waals surface area contributed by atoms with E-state index < -0.39 is 0 Å². The summed E-state index contributed by atoms with van der Waals surface area (Å²) in [4.78, 5) is 19.9. The SMILES string of the molecule is C1=Cc2ccc(-c3nc(-c4ccc5ccccc5c4)nc(C4C=CC(C5=CCCc6cccnc65)=CC4)n3)cc2CC1. The Morgan fingerprint density at radius 1 is 0.667 bits per heavy atom. The number of hydrogen-bond acceptors (Lipinski definition) is 4. The lowest BCUT2D eigenvalue weighted by Crippen LogP contribution is -2.10. The maximum absolute atomic E-state index is 5.09. The van der Waals surface area contributed by atoms with Gasteiger partial charge in [-0.3, -0.25) is 4.98 Å². The van der Waals surface area contributed by atoms with E-state index in [0.717, 1.165) is 66.4 Å². The van der Waals surface area contributed by atoms with E-state index in [0.29, 0.717) is 0 Å². The third kappa shape index (κ3) is 4.59. The molecule has 202 valence electrons. The highest BCUT2D eigenvalue weighted by atomic mass is 15.0. The van der Waals surface area contributed by atoms with E-state index in [-0.39, 0.29) is 5.92 Å². The predicted molar refractivity (Wildman–Crippen MR) is 171 cm³/mol. The van der Waals surface area contributed by atoms with Crippen LogP contribution < -0.4 is 0 Å². The number of nitrogens with zero attached hydrogens (tertiary/aromatic N) is 4. The van der Waals surface area contributed by atoms with Crippen LogP contribution in [0.1, 0.15) is 53.4 Å². The maximum atomic E-state index is 5.09. The normalized spacial score (nSPS) is 17.4. The second kappa shape index (κ2) is 10.5. The fourth-order valence-corrected chi connectivity index (χ4v) is 6.34. The molecule has 42 heavy (non-hydrogen) atoms. The number of hydrogen-bond donors (Lipinski definition) is 0. The Kier molecular flexibility index (Phi) is 6.18. The zero-order valence-electron chi connectivity index (χ0n) is 23.4. The van der Waals surface area contributed by atoms with Crippen molar-refractivity contribution in [1.82, 2.24) is 19.9 Å². The van der Waals surface area contributed by atoms with E-state index in [4.69, 9.17) is 19.9 Å². The Hall–Kier alpha value is -4.96. The number of aromatic nitrogens is 4. The van der Waals surface area contributed by atoms with E-state index in [1.807, 2.05) is 12.3 Å². The van der Waals surface area contributed by atoms with Gasteiger partial charge in [0.05, 0.1) is 5.69 Å². The van der Waals surface area contributed by atoms with Crippen LogP contribution >= 0.6 is 0 Å². The molecule has 2 heterocycles. The molecule has 4 nitrogen and oxygen atoms in total. The summed E-state index contributed by atoms with van der Waals surface area (Å²) in [6.07, 6.45) is 20.5. The van der Waals surface area contributed by atoms with Crippen molar-refractivity contribution in [3.8, 4) is 22.8 Å². The van der Waals surface area contributed by atoms with Gasteiger partial charge in [-0.1, -0.05) is 91.1 Å². The molecule has 0 aliphatic heterocycles. The molecule has 1 unspecified atom stereocenters. The summed E-state index contributed by atoms with van der Waals surface area (Å²) in [6.45, 7) is 0. The summed E-state index contributed by atoms with van der Waals surface area (Å²) in [5, 5.41) is 2.39. The van der Waals surface area contributed by atoms with Crippen molar-refractivity contribution in [2.24, 2.45) is 0 Å². The van der Waals surface area contributed by atoms with Crippen molar-refractivity contribution in [3.63, 3.8) is 0 Å². The summed E-state index contributed by atoms with van der Waals surface area (Å²) in [5.74, 6) is 2.33. The molecular formula is C38H30N4. The summed E-state index contributed by atoms with van der Waals surface area (Å²) >= 11 is 0. The van der Waals surface area contributed by atoms with E-state index >= 15 is 0 Å². The van der Waals surface area contributed by atoms with Crippen LogP contribution in [0.3, 0.4) is 0 Å². The van der Waals surface area contributed by atoms with Crippen molar-refractivity contribution in [1.29, 1.82) is 0 Å². The molecule has 5 aromatic rings. The monoisotopic (exact) mass is 542 g/mol. The standard InChI is InChI=1S/C38H30N4/c1-3-9-30-23-32(20-14-25(30)7-1)37-40-36(41-38(42-37)33-21-15-26-8-2-4-10-31(26)24-33)29-18-16-27(17-19-29)34-13-5-11-28-12-6-22-39-35(28)34/h1-3,6-9,12-18,20-24,29H,4-5,10-11,19H2. The van der Waals surface area contributed by atoms with Crippen molar-refractivity contribution in [2.45, 2.75) is 38.0 Å². The van der Waals surface area contributed by atoms with E-state index in [1.165, 1.54) is 38.6 Å². The molecule has 3 aliphatic carbocycles. The van der Waals surface area contributed by atoms with Crippen LogP contribution in [0.15, 0.2) is 115 Å². The van der Waals surface area contributed by atoms with Crippen LogP contribution in [0.4, 0.5) is 0 Å². The number of benzene rings is 3. The van der Waals surface area contributed by atoms with Crippen molar-refractivity contribution < 1.29 is 0 Å². The molecule has 0 fully saturated rings. The summed E-state index contributed by atoms with van der Waals surface area (Å²) < 4.78 is 0. The Labute approximate surface area is 245 Å². The molecule has 2 aromatic heterocycles. The van der Waals surface area contributed by atoms with Gasteiger partial charge in [-0.15, -0.1) is 0 Å². The minimum Gasteiger partial charge on any atom is -0.256 e. The zero-order chi connectivity index (χ0) is 27.9. The molecule has 4 heteroatoms. The summed E-state index contributed by atoms with van der Waals surface area (Å²) in [5.41, 5.74) is 9.60. The van der Waals surface area contributed by atoms with Gasteiger partial charge >= 0.3 is 0 Å². The van der Waals surface area contributed by atoms with Crippen molar-refractivity contribution in [3.05, 3.63) is 143 Å². The van der Waals surface area contributed by atoms with Gasteiger partial charge in [-0.05, 0) is 83.3 Å². The van der Waals surface area contributed by atoms with Gasteiger partial charge in [0.1, 0.15) is 5.82 Å². The number of fused-ring (bicyclic) bond motifs is 3. The fourth-order valence-electron chi connectivity index (χ4n) is 6.34. The first-order valence-corrected chi connectivity index (χ1v) is 14.9. The Morgan fingerprint density at radius 3 is 2.38 bits per heavy atom. The Morgan fingerprint density at radius 2 is 1.50 bits per heavy atom. The van der Waals surface area contributed by atoms with Crippen LogP contribution in [-0.4, -0.2) is 19.9 Å². The summed E-state index contributed by atoms with van der Waals surface area (Å²) in [7, 11) is 0. The lowest BCUT2D eigenvalue weighted by molar-refractivity contribution is 0.761. The van der Waals surface area contributed by atoms with Gasteiger partial charge in [0.2, 0.25) is 0 Å². The molecule has 0 amide bonds. The first kappa shape index (κ1) is 24.8. The van der Waals surface area contributed by atoms with Crippen LogP contribution in [0.25, 0.3) is 45.2 Å². The average molecular weight is 543 g/mol. The molecule has 0 spiro atoms. The van der Waals surface area contributed by atoms with Gasteiger partial charge in [0.25, 0.3) is 0 Å². The third-order valence-corrected chi connectivity index (χ3v) is 8.59. The second-order valence-electron chi connectivity index (χ2n) is 11.3. The smallest absolute Gasteiger partial charge is 0.163 e. The van der Waals surface area contributed by atoms with Crippen molar-refractivity contribution in [2.75, 3.05) is 0 Å². The lowest BCUT2D eigenvalue weighted by atomic mass is 9.86. The highest BCUT2D eigenvalue weighted by Crippen LogP contribution is 2.36. The Balaban J connectivity index is 1.18. The molecule has 8 rings (SSSR count). The van der Waals surface area contributed by atoms with Crippen LogP contribution in [0, 0.1) is 0 Å². The van der Waals surface area contributed by atoms with Crippen LogP contribution in [-0.2, 0) is 12.8 Å². The lowest BCUT2D eigenvalue weighted by Gasteiger charge is -2.21. The number of aryl methyl sites for hydroxylation is 2. The van der Waals surface area contributed by atoms with Crippen LogP contribution in [0.5, 0.6) is 0 Å². The van der Waals surface area contributed by atoms with E-state index in [2.05, 4.69) is 103 Å². The minimum absolute atomic E-state index is 0.0719. The van der Waals surface area contributed by atoms with Crippen molar-refractivity contribution >= 4 is 22.4 Å². The first-order chi connectivity index (χ1) is 20.8. The number of allylic oxidation sites excluding steroid dienone is 7. The quantitative estimate of drug-likeness (QED) is 0.228. The van der Waals surface area contributed by atoms with Gasteiger partial charge in [0, 0.05) is 28.8 Å². The van der Waals surface area contributed by atoms with Gasteiger partial charge in [-0.2, -0.15) is 0 Å². The molecule has 3 aliphatic rings. The first-order valence-electron chi connectivity index (χ1n) is 14.9. The second-order valence-corrected chi connectivity index (χ2v) is 11.3. The number of rotatable bonds is 4. The van der Waals surface area contributed by atoms with E-state index in [1.54, 1.807) is 0 Å². The van der Waals surface area contributed by atoms with Gasteiger partial charge in [-0.25, -0.2) is 15.0 Å². The summed E-state index contributed by atoms with van der Waals surface area (Å²) in [6, 6.07) is 25.7. The zero-order valence-corrected chi connectivity index (χ0v) is 23.4. The van der Waals surface area contributed by atoms with E-state index in [9.17, 15) is 0 Å². The molecule has 3 aromatic carbocycles. The topological polar surface area (TPSA) is 51.6 Å². The molecule has 0 saturated carbocycles.